The molecule has 1 amide bonds. The van der Waals surface area contributed by atoms with Crippen LogP contribution in [0, 0.1) is 13.8 Å². The number of ether oxygens (including phenoxy) is 1. The van der Waals surface area contributed by atoms with Crippen LogP contribution >= 0.6 is 0 Å². The van der Waals surface area contributed by atoms with Gasteiger partial charge in [0.15, 0.2) is 12.4 Å². The third kappa shape index (κ3) is 4.30. The molecule has 0 saturated carbocycles. The molecule has 21 heavy (non-hydrogen) atoms. The number of aryl methyl sites for hydroxylation is 3. The Hall–Kier alpha value is -2.37. The molecule has 0 atom stereocenters. The van der Waals surface area contributed by atoms with Gasteiger partial charge in [-0.25, -0.2) is 0 Å². The monoisotopic (exact) mass is 288 g/mol. The second-order valence-corrected chi connectivity index (χ2v) is 4.92. The third-order valence-electron chi connectivity index (χ3n) is 3.05. The lowest BCUT2D eigenvalue weighted by atomic mass is 10.1. The maximum absolute atomic E-state index is 11.8. The van der Waals surface area contributed by atoms with Crippen LogP contribution in [0.4, 0.5) is 0 Å². The molecule has 0 aliphatic rings. The van der Waals surface area contributed by atoms with Gasteiger partial charge in [0.1, 0.15) is 12.1 Å². The Morgan fingerprint density at radius 1 is 1.29 bits per heavy atom. The lowest BCUT2D eigenvalue weighted by Crippen LogP contribution is -2.29. The van der Waals surface area contributed by atoms with Gasteiger partial charge in [0, 0.05) is 6.54 Å². The number of carbonyl (C=O) groups excluding carboxylic acids is 1. The number of hydrogen-bond donors (Lipinski definition) is 1. The molecule has 1 aromatic carbocycles. The van der Waals surface area contributed by atoms with Crippen molar-refractivity contribution >= 4 is 5.91 Å². The minimum Gasteiger partial charge on any atom is -0.484 e. The molecule has 2 aromatic rings. The highest BCUT2D eigenvalue weighted by molar-refractivity contribution is 5.77. The van der Waals surface area contributed by atoms with Crippen LogP contribution in [0.25, 0.3) is 0 Å². The number of rotatable bonds is 6. The molecule has 2 rings (SSSR count). The van der Waals surface area contributed by atoms with Gasteiger partial charge in [-0.3, -0.25) is 4.79 Å². The van der Waals surface area contributed by atoms with E-state index in [-0.39, 0.29) is 12.5 Å². The van der Waals surface area contributed by atoms with Gasteiger partial charge in [-0.1, -0.05) is 6.07 Å². The largest absolute Gasteiger partial charge is 0.484 e. The first-order chi connectivity index (χ1) is 10.1. The fourth-order valence-corrected chi connectivity index (χ4v) is 2.07. The van der Waals surface area contributed by atoms with Crippen molar-refractivity contribution in [3.8, 4) is 5.75 Å². The van der Waals surface area contributed by atoms with E-state index in [0.29, 0.717) is 12.3 Å². The molecule has 1 heterocycles. The van der Waals surface area contributed by atoms with Gasteiger partial charge in [-0.15, -0.1) is 10.2 Å². The molecule has 0 aliphatic carbocycles. The van der Waals surface area contributed by atoms with Crippen LogP contribution in [0.1, 0.15) is 23.9 Å². The van der Waals surface area contributed by atoms with E-state index < -0.39 is 0 Å². The number of aromatic nitrogens is 3. The van der Waals surface area contributed by atoms with Crippen molar-refractivity contribution in [2.24, 2.45) is 0 Å². The van der Waals surface area contributed by atoms with E-state index in [4.69, 9.17) is 4.74 Å². The lowest BCUT2D eigenvalue weighted by molar-refractivity contribution is -0.123. The first-order valence-corrected chi connectivity index (χ1v) is 6.93. The standard InChI is InChI=1S/C15H20N4O2/c1-4-19-10-17-18-14(19)8-16-15(20)9-21-13-6-11(2)5-12(3)7-13/h5-7,10H,4,8-9H2,1-3H3,(H,16,20). The summed E-state index contributed by atoms with van der Waals surface area (Å²) in [6.07, 6.45) is 1.65. The molecule has 6 nitrogen and oxygen atoms in total. The molecule has 0 spiro atoms. The Morgan fingerprint density at radius 2 is 2.00 bits per heavy atom. The fourth-order valence-electron chi connectivity index (χ4n) is 2.07. The van der Waals surface area contributed by atoms with Gasteiger partial charge in [0.05, 0.1) is 6.54 Å². The molecule has 0 radical (unpaired) electrons. The Bertz CT molecular complexity index is 602. The summed E-state index contributed by atoms with van der Waals surface area (Å²) in [6.45, 7) is 7.11. The molecule has 0 saturated heterocycles. The van der Waals surface area contributed by atoms with Crippen molar-refractivity contribution in [2.75, 3.05) is 6.61 Å². The van der Waals surface area contributed by atoms with E-state index in [2.05, 4.69) is 21.6 Å². The molecule has 1 N–H and O–H groups in total. The van der Waals surface area contributed by atoms with Crippen LogP contribution in [0.15, 0.2) is 24.5 Å². The van der Waals surface area contributed by atoms with Crippen LogP contribution in [-0.4, -0.2) is 27.3 Å². The number of nitrogens with zero attached hydrogens (tertiary/aromatic N) is 3. The Balaban J connectivity index is 1.82. The zero-order valence-corrected chi connectivity index (χ0v) is 12.6. The second kappa shape index (κ2) is 6.88. The van der Waals surface area contributed by atoms with Gasteiger partial charge < -0.3 is 14.6 Å². The molecule has 0 unspecified atom stereocenters. The average molecular weight is 288 g/mol. The second-order valence-electron chi connectivity index (χ2n) is 4.92. The Kier molecular flexibility index (Phi) is 4.92. The maximum atomic E-state index is 11.8. The fraction of sp³-hybridized carbons (Fsp3) is 0.400. The maximum Gasteiger partial charge on any atom is 0.258 e. The molecular weight excluding hydrogens is 268 g/mol. The first-order valence-electron chi connectivity index (χ1n) is 6.93. The predicted molar refractivity (Wildman–Crippen MR) is 79.0 cm³/mol. The van der Waals surface area contributed by atoms with Gasteiger partial charge in [-0.05, 0) is 44.0 Å². The molecule has 0 aliphatic heterocycles. The van der Waals surface area contributed by atoms with E-state index in [0.717, 1.165) is 23.5 Å². The highest BCUT2D eigenvalue weighted by Gasteiger charge is 2.07. The quantitative estimate of drug-likeness (QED) is 0.877. The highest BCUT2D eigenvalue weighted by atomic mass is 16.5. The molecule has 112 valence electrons. The van der Waals surface area contributed by atoms with Crippen molar-refractivity contribution in [1.29, 1.82) is 0 Å². The van der Waals surface area contributed by atoms with Gasteiger partial charge in [-0.2, -0.15) is 0 Å². The van der Waals surface area contributed by atoms with E-state index >= 15 is 0 Å². The van der Waals surface area contributed by atoms with Crippen molar-refractivity contribution in [3.05, 3.63) is 41.5 Å². The van der Waals surface area contributed by atoms with E-state index in [9.17, 15) is 4.79 Å². The van der Waals surface area contributed by atoms with E-state index in [1.54, 1.807) is 6.33 Å². The van der Waals surface area contributed by atoms with Crippen molar-refractivity contribution < 1.29 is 9.53 Å². The topological polar surface area (TPSA) is 69.0 Å². The smallest absolute Gasteiger partial charge is 0.258 e. The number of amides is 1. The molecular formula is C15H20N4O2. The van der Waals surface area contributed by atoms with Crippen molar-refractivity contribution in [1.82, 2.24) is 20.1 Å². The van der Waals surface area contributed by atoms with Gasteiger partial charge in [0.2, 0.25) is 0 Å². The predicted octanol–water partition coefficient (Wildman–Crippen LogP) is 1.61. The van der Waals surface area contributed by atoms with E-state index in [1.807, 2.05) is 37.5 Å². The number of hydrogen-bond acceptors (Lipinski definition) is 4. The van der Waals surface area contributed by atoms with Gasteiger partial charge >= 0.3 is 0 Å². The summed E-state index contributed by atoms with van der Waals surface area (Å²) >= 11 is 0. The summed E-state index contributed by atoms with van der Waals surface area (Å²) in [7, 11) is 0. The molecule has 0 bridgehead atoms. The lowest BCUT2D eigenvalue weighted by Gasteiger charge is -2.09. The summed E-state index contributed by atoms with van der Waals surface area (Å²) in [5.74, 6) is 1.26. The number of benzene rings is 1. The van der Waals surface area contributed by atoms with Crippen LogP contribution in [0.3, 0.4) is 0 Å². The summed E-state index contributed by atoms with van der Waals surface area (Å²) in [4.78, 5) is 11.8. The zero-order chi connectivity index (χ0) is 15.2. The minimum atomic E-state index is -0.181. The van der Waals surface area contributed by atoms with E-state index in [1.165, 1.54) is 0 Å². The van der Waals surface area contributed by atoms with Crippen LogP contribution in [-0.2, 0) is 17.9 Å². The number of nitrogens with one attached hydrogen (secondary N) is 1. The molecule has 0 fully saturated rings. The first kappa shape index (κ1) is 15.0. The van der Waals surface area contributed by atoms with Crippen LogP contribution in [0.2, 0.25) is 0 Å². The SMILES string of the molecule is CCn1cnnc1CNC(=O)COc1cc(C)cc(C)c1. The molecule has 6 heteroatoms. The Labute approximate surface area is 124 Å². The van der Waals surface area contributed by atoms with Crippen molar-refractivity contribution in [2.45, 2.75) is 33.9 Å². The summed E-state index contributed by atoms with van der Waals surface area (Å²) in [6, 6.07) is 5.88. The number of carbonyl (C=O) groups is 1. The normalized spacial score (nSPS) is 10.4. The summed E-state index contributed by atoms with van der Waals surface area (Å²) in [5.41, 5.74) is 2.22. The Morgan fingerprint density at radius 3 is 2.67 bits per heavy atom. The summed E-state index contributed by atoms with van der Waals surface area (Å²) < 4.78 is 7.38. The minimum absolute atomic E-state index is 0.0108. The van der Waals surface area contributed by atoms with Crippen LogP contribution < -0.4 is 10.1 Å². The zero-order valence-electron chi connectivity index (χ0n) is 12.6. The van der Waals surface area contributed by atoms with Crippen molar-refractivity contribution in [3.63, 3.8) is 0 Å². The highest BCUT2D eigenvalue weighted by Crippen LogP contribution is 2.15. The molecule has 1 aromatic heterocycles. The van der Waals surface area contributed by atoms with Gasteiger partial charge in [0.25, 0.3) is 5.91 Å². The van der Waals surface area contributed by atoms with Crippen LogP contribution in [0.5, 0.6) is 5.75 Å². The average Bonchev–Trinajstić information content (AvgIpc) is 2.89. The summed E-state index contributed by atoms with van der Waals surface area (Å²) in [5, 5.41) is 10.5. The third-order valence-corrected chi connectivity index (χ3v) is 3.05.